The maximum atomic E-state index is 2.45. The molecule has 0 aliphatic carbocycles. The zero-order chi connectivity index (χ0) is 19.6. The first kappa shape index (κ1) is 23.7. The molecule has 0 aromatic heterocycles. The van der Waals surface area contributed by atoms with Gasteiger partial charge in [-0.15, -0.1) is 0 Å². The number of hydrogen-bond donors (Lipinski definition) is 0. The molecule has 26 heavy (non-hydrogen) atoms. The van der Waals surface area contributed by atoms with E-state index in [-0.39, 0.29) is 0 Å². The number of unbranched alkanes of at least 4 members (excludes halogenated alkanes) is 3. The van der Waals surface area contributed by atoms with Crippen LogP contribution in [-0.4, -0.2) is 18.5 Å². The quantitative estimate of drug-likeness (QED) is 0.319. The molecule has 0 aliphatic heterocycles. The molecule has 1 aromatic carbocycles. The fourth-order valence-corrected chi connectivity index (χ4v) is 8.94. The highest BCUT2D eigenvalue weighted by Gasteiger charge is 2.35. The van der Waals surface area contributed by atoms with Gasteiger partial charge in [0.1, 0.15) is 0 Å². The third-order valence-electron chi connectivity index (χ3n) is 6.25. The van der Waals surface area contributed by atoms with Crippen LogP contribution in [0.3, 0.4) is 0 Å². The first-order valence-corrected chi connectivity index (χ1v) is 13.7. The van der Waals surface area contributed by atoms with E-state index in [1.165, 1.54) is 68.7 Å². The maximum Gasteiger partial charge on any atom is 0.0842 e. The summed E-state index contributed by atoms with van der Waals surface area (Å²) < 4.78 is 0. The Hall–Kier alpha value is -0.350. The lowest BCUT2D eigenvalue weighted by atomic mass is 9.78. The Balaban J connectivity index is 2.97. The van der Waals surface area contributed by atoms with E-state index in [1.54, 1.807) is 5.56 Å². The molecule has 0 bridgehead atoms. The molecule has 0 amide bonds. The fraction of sp³-hybridized carbons (Fsp3) is 0.760. The van der Waals surface area contributed by atoms with E-state index >= 15 is 0 Å². The lowest BCUT2D eigenvalue weighted by Gasteiger charge is -2.29. The van der Waals surface area contributed by atoms with Crippen molar-refractivity contribution in [2.75, 3.05) is 18.5 Å². The van der Waals surface area contributed by atoms with Gasteiger partial charge in [-0.25, -0.2) is 0 Å². The predicted molar refractivity (Wildman–Crippen MR) is 124 cm³/mol. The minimum atomic E-state index is -0.839. The molecule has 0 N–H and O–H groups in total. The number of rotatable bonds is 12. The molecule has 150 valence electrons. The van der Waals surface area contributed by atoms with Crippen LogP contribution in [0.4, 0.5) is 0 Å². The van der Waals surface area contributed by atoms with Crippen LogP contribution in [0.2, 0.25) is 0 Å². The highest BCUT2D eigenvalue weighted by atomic mass is 31.2. The molecule has 0 aliphatic rings. The standard InChI is InChI=1S/C25H46P/c1-8-11-18-26(19-12-9-2,20-13-10-3)21-23-14-16-24(17-15-23)22(4)25(5,6)7/h14-17,22H,8-13,18-21H2,1-7H3/q+1. The van der Waals surface area contributed by atoms with E-state index in [9.17, 15) is 0 Å². The zero-order valence-electron chi connectivity index (χ0n) is 18.9. The molecule has 0 saturated heterocycles. The van der Waals surface area contributed by atoms with Crippen molar-refractivity contribution in [1.29, 1.82) is 0 Å². The van der Waals surface area contributed by atoms with Gasteiger partial charge in [-0.3, -0.25) is 0 Å². The molecule has 0 radical (unpaired) electrons. The van der Waals surface area contributed by atoms with E-state index in [0.717, 1.165) is 0 Å². The van der Waals surface area contributed by atoms with Gasteiger partial charge in [-0.05, 0) is 41.7 Å². The van der Waals surface area contributed by atoms with E-state index in [0.29, 0.717) is 11.3 Å². The molecule has 1 rings (SSSR count). The lowest BCUT2D eigenvalue weighted by molar-refractivity contribution is 0.339. The third kappa shape index (κ3) is 7.72. The largest absolute Gasteiger partial charge is 0.0842 e. The zero-order valence-corrected chi connectivity index (χ0v) is 19.8. The number of hydrogen-bond acceptors (Lipinski definition) is 0. The third-order valence-corrected chi connectivity index (χ3v) is 11.1. The molecule has 0 heterocycles. The van der Waals surface area contributed by atoms with Crippen molar-refractivity contribution in [2.24, 2.45) is 5.41 Å². The average Bonchev–Trinajstić information content (AvgIpc) is 2.62. The van der Waals surface area contributed by atoms with Gasteiger partial charge in [0, 0.05) is 7.26 Å². The van der Waals surface area contributed by atoms with Gasteiger partial charge < -0.3 is 0 Å². The monoisotopic (exact) mass is 377 g/mol. The van der Waals surface area contributed by atoms with Crippen LogP contribution in [-0.2, 0) is 6.16 Å². The van der Waals surface area contributed by atoms with Gasteiger partial charge in [0.25, 0.3) is 0 Å². The first-order chi connectivity index (χ1) is 12.3. The SMILES string of the molecule is CCCC[P+](CCCC)(CCCC)Cc1ccc(C(C)C(C)(C)C)cc1. The Morgan fingerprint density at radius 1 is 0.769 bits per heavy atom. The van der Waals surface area contributed by atoms with Gasteiger partial charge in [-0.1, -0.05) is 92.0 Å². The molecule has 0 spiro atoms. The van der Waals surface area contributed by atoms with E-state index in [1.807, 2.05) is 0 Å². The summed E-state index contributed by atoms with van der Waals surface area (Å²) in [7, 11) is -0.839. The molecular weight excluding hydrogens is 331 g/mol. The van der Waals surface area contributed by atoms with Crippen LogP contribution in [0.1, 0.15) is 104 Å². The summed E-state index contributed by atoms with van der Waals surface area (Å²) in [5.74, 6) is 0.608. The van der Waals surface area contributed by atoms with Gasteiger partial charge in [0.05, 0.1) is 24.6 Å². The van der Waals surface area contributed by atoms with Crippen LogP contribution >= 0.6 is 7.26 Å². The Morgan fingerprint density at radius 2 is 1.19 bits per heavy atom. The normalized spacial score (nSPS) is 13.8. The molecule has 1 heteroatoms. The summed E-state index contributed by atoms with van der Waals surface area (Å²) in [6.45, 7) is 16.5. The minimum Gasteiger partial charge on any atom is -0.0652 e. The lowest BCUT2D eigenvalue weighted by Crippen LogP contribution is -2.15. The Labute approximate surface area is 165 Å². The second-order valence-electron chi connectivity index (χ2n) is 9.56. The molecule has 1 aromatic rings. The summed E-state index contributed by atoms with van der Waals surface area (Å²) in [4.78, 5) is 0. The van der Waals surface area contributed by atoms with E-state index in [2.05, 4.69) is 72.7 Å². The van der Waals surface area contributed by atoms with E-state index in [4.69, 9.17) is 0 Å². The van der Waals surface area contributed by atoms with Crippen molar-refractivity contribution in [3.05, 3.63) is 35.4 Å². The van der Waals surface area contributed by atoms with Crippen LogP contribution < -0.4 is 0 Å². The minimum absolute atomic E-state index is 0.335. The topological polar surface area (TPSA) is 0 Å². The van der Waals surface area contributed by atoms with Gasteiger partial charge >= 0.3 is 0 Å². The molecule has 0 nitrogen and oxygen atoms in total. The summed E-state index contributed by atoms with van der Waals surface area (Å²) in [6, 6.07) is 9.74. The van der Waals surface area contributed by atoms with Crippen LogP contribution in [0.15, 0.2) is 24.3 Å². The predicted octanol–water partition coefficient (Wildman–Crippen LogP) is 8.75. The first-order valence-electron chi connectivity index (χ1n) is 11.2. The molecule has 0 saturated carbocycles. The van der Waals surface area contributed by atoms with Crippen LogP contribution in [0, 0.1) is 5.41 Å². The van der Waals surface area contributed by atoms with Crippen molar-refractivity contribution in [3.8, 4) is 0 Å². The fourth-order valence-electron chi connectivity index (χ4n) is 3.85. The summed E-state index contributed by atoms with van der Waals surface area (Å²) in [5, 5.41) is 0. The highest BCUT2D eigenvalue weighted by Crippen LogP contribution is 2.63. The molecule has 1 unspecified atom stereocenters. The summed E-state index contributed by atoms with van der Waals surface area (Å²) in [6.07, 6.45) is 14.3. The van der Waals surface area contributed by atoms with E-state index < -0.39 is 7.26 Å². The highest BCUT2D eigenvalue weighted by molar-refractivity contribution is 7.75. The second-order valence-corrected chi connectivity index (χ2v) is 13.9. The maximum absolute atomic E-state index is 2.45. The van der Waals surface area contributed by atoms with Crippen molar-refractivity contribution in [3.63, 3.8) is 0 Å². The van der Waals surface area contributed by atoms with Crippen molar-refractivity contribution < 1.29 is 0 Å². The molecular formula is C25H46P+. The van der Waals surface area contributed by atoms with Crippen molar-refractivity contribution >= 4 is 7.26 Å². The Kier molecular flexibility index (Phi) is 10.5. The van der Waals surface area contributed by atoms with Gasteiger partial charge in [-0.2, -0.15) is 0 Å². The number of benzene rings is 1. The van der Waals surface area contributed by atoms with Crippen molar-refractivity contribution in [2.45, 2.75) is 99.1 Å². The molecule has 0 fully saturated rings. The summed E-state index contributed by atoms with van der Waals surface area (Å²) in [5.41, 5.74) is 3.44. The van der Waals surface area contributed by atoms with Crippen LogP contribution in [0.25, 0.3) is 0 Å². The van der Waals surface area contributed by atoms with Crippen LogP contribution in [0.5, 0.6) is 0 Å². The van der Waals surface area contributed by atoms with Gasteiger partial charge in [0.15, 0.2) is 0 Å². The Morgan fingerprint density at radius 3 is 1.54 bits per heavy atom. The average molecular weight is 378 g/mol. The van der Waals surface area contributed by atoms with Gasteiger partial charge in [0.2, 0.25) is 0 Å². The smallest absolute Gasteiger partial charge is 0.0652 e. The molecule has 1 atom stereocenters. The second kappa shape index (κ2) is 11.5. The summed E-state index contributed by atoms with van der Waals surface area (Å²) >= 11 is 0. The Bertz CT molecular complexity index is 458. The van der Waals surface area contributed by atoms with Crippen molar-refractivity contribution in [1.82, 2.24) is 0 Å².